The largest absolute Gasteiger partial charge is 0.370 e. The van der Waals surface area contributed by atoms with Gasteiger partial charge in [0.1, 0.15) is 19.6 Å². The molecular formula is C23H27N4O3+. The van der Waals surface area contributed by atoms with Crippen LogP contribution >= 0.6 is 0 Å². The first-order valence-electron chi connectivity index (χ1n) is 10.4. The van der Waals surface area contributed by atoms with E-state index in [1.54, 1.807) is 6.07 Å². The highest BCUT2D eigenvalue weighted by Crippen LogP contribution is 2.24. The van der Waals surface area contributed by atoms with Crippen molar-refractivity contribution in [3.05, 3.63) is 64.4 Å². The standard InChI is InChI=1S/C23H26N4O3/c1-17-6-8-18(9-7-17)22-19-4-2-3-5-20(19)23(29)27(25-22)16-21(28)24-10-11-26-12-14-30-15-13-26/h2-9H,10-16H2,1H3,(H,24,28)/p+1. The van der Waals surface area contributed by atoms with Crippen LogP contribution in [-0.4, -0.2) is 55.1 Å². The van der Waals surface area contributed by atoms with Crippen LogP contribution in [0, 0.1) is 6.92 Å². The van der Waals surface area contributed by atoms with Crippen molar-refractivity contribution in [3.63, 3.8) is 0 Å². The molecule has 3 aromatic rings. The second-order valence-corrected chi connectivity index (χ2v) is 7.69. The number of morpholine rings is 1. The molecule has 2 heterocycles. The van der Waals surface area contributed by atoms with Crippen molar-refractivity contribution in [2.45, 2.75) is 13.5 Å². The fraction of sp³-hybridized carbons (Fsp3) is 0.348. The molecule has 0 unspecified atom stereocenters. The van der Waals surface area contributed by atoms with E-state index < -0.39 is 0 Å². The fourth-order valence-electron chi connectivity index (χ4n) is 3.75. The maximum Gasteiger partial charge on any atom is 0.275 e. The molecule has 1 fully saturated rings. The molecule has 1 amide bonds. The minimum atomic E-state index is -0.254. The second-order valence-electron chi connectivity index (χ2n) is 7.69. The lowest BCUT2D eigenvalue weighted by Gasteiger charge is -2.23. The Morgan fingerprint density at radius 2 is 1.80 bits per heavy atom. The quantitative estimate of drug-likeness (QED) is 0.620. The number of carbonyl (C=O) groups excluding carboxylic acids is 1. The molecule has 0 spiro atoms. The number of carbonyl (C=O) groups is 1. The van der Waals surface area contributed by atoms with Crippen molar-refractivity contribution >= 4 is 16.7 Å². The summed E-state index contributed by atoms with van der Waals surface area (Å²) in [7, 11) is 0. The number of amides is 1. The van der Waals surface area contributed by atoms with Crippen molar-refractivity contribution in [1.29, 1.82) is 0 Å². The Hall–Kier alpha value is -3.03. The zero-order chi connectivity index (χ0) is 20.9. The minimum absolute atomic E-state index is 0.0963. The topological polar surface area (TPSA) is 77.7 Å². The van der Waals surface area contributed by atoms with Gasteiger partial charge in [-0.1, -0.05) is 48.0 Å². The van der Waals surface area contributed by atoms with Gasteiger partial charge in [0.15, 0.2) is 0 Å². The van der Waals surface area contributed by atoms with Gasteiger partial charge in [0.25, 0.3) is 5.56 Å². The van der Waals surface area contributed by atoms with Crippen LogP contribution in [0.25, 0.3) is 22.0 Å². The number of quaternary nitrogens is 1. The van der Waals surface area contributed by atoms with Crippen LogP contribution in [0.1, 0.15) is 5.56 Å². The Morgan fingerprint density at radius 1 is 1.10 bits per heavy atom. The Labute approximate surface area is 175 Å². The molecule has 0 bridgehead atoms. The first-order chi connectivity index (χ1) is 14.6. The summed E-state index contributed by atoms with van der Waals surface area (Å²) in [6.07, 6.45) is 0. The maximum absolute atomic E-state index is 12.9. The third-order valence-corrected chi connectivity index (χ3v) is 5.49. The average Bonchev–Trinajstić information content (AvgIpc) is 2.77. The molecule has 156 valence electrons. The van der Waals surface area contributed by atoms with Crippen LogP contribution in [0.4, 0.5) is 0 Å². The van der Waals surface area contributed by atoms with Crippen molar-refractivity contribution in [1.82, 2.24) is 15.1 Å². The molecule has 0 atom stereocenters. The smallest absolute Gasteiger partial charge is 0.275 e. The average molecular weight is 407 g/mol. The van der Waals surface area contributed by atoms with E-state index in [2.05, 4.69) is 10.4 Å². The Kier molecular flexibility index (Phi) is 6.21. The van der Waals surface area contributed by atoms with Crippen molar-refractivity contribution in [2.24, 2.45) is 0 Å². The highest BCUT2D eigenvalue weighted by Gasteiger charge is 2.16. The highest BCUT2D eigenvalue weighted by molar-refractivity contribution is 5.93. The zero-order valence-corrected chi connectivity index (χ0v) is 17.2. The number of benzene rings is 2. The lowest BCUT2D eigenvalue weighted by Crippen LogP contribution is -3.14. The number of fused-ring (bicyclic) bond motifs is 1. The van der Waals surface area contributed by atoms with Crippen molar-refractivity contribution in [3.8, 4) is 11.3 Å². The molecular weight excluding hydrogens is 380 g/mol. The summed E-state index contributed by atoms with van der Waals surface area (Å²) < 4.78 is 6.63. The summed E-state index contributed by atoms with van der Waals surface area (Å²) in [5, 5.41) is 8.83. The summed E-state index contributed by atoms with van der Waals surface area (Å²) in [4.78, 5) is 26.8. The normalized spacial score (nSPS) is 14.7. The van der Waals surface area contributed by atoms with Crippen LogP contribution in [0.2, 0.25) is 0 Å². The van der Waals surface area contributed by atoms with Gasteiger partial charge in [-0.3, -0.25) is 9.59 Å². The van der Waals surface area contributed by atoms with Gasteiger partial charge in [-0.05, 0) is 13.0 Å². The van der Waals surface area contributed by atoms with Crippen LogP contribution < -0.4 is 15.8 Å². The molecule has 1 aliphatic heterocycles. The van der Waals surface area contributed by atoms with E-state index in [0.29, 0.717) is 17.6 Å². The van der Waals surface area contributed by atoms with E-state index in [-0.39, 0.29) is 18.0 Å². The molecule has 2 aromatic carbocycles. The van der Waals surface area contributed by atoms with E-state index in [9.17, 15) is 9.59 Å². The molecule has 0 radical (unpaired) electrons. The maximum atomic E-state index is 12.9. The monoisotopic (exact) mass is 407 g/mol. The second kappa shape index (κ2) is 9.19. The van der Waals surface area contributed by atoms with Crippen LogP contribution in [0.3, 0.4) is 0 Å². The molecule has 2 N–H and O–H groups in total. The molecule has 0 aliphatic carbocycles. The molecule has 1 saturated heterocycles. The molecule has 7 heteroatoms. The predicted octanol–water partition coefficient (Wildman–Crippen LogP) is 0.403. The SMILES string of the molecule is Cc1ccc(-c2nn(CC(=O)NCC[NH+]3CCOCC3)c(=O)c3ccccc23)cc1. The molecule has 7 nitrogen and oxygen atoms in total. The van der Waals surface area contributed by atoms with E-state index >= 15 is 0 Å². The van der Waals surface area contributed by atoms with Gasteiger partial charge >= 0.3 is 0 Å². The van der Waals surface area contributed by atoms with Gasteiger partial charge in [0.05, 0.1) is 37.4 Å². The summed E-state index contributed by atoms with van der Waals surface area (Å²) >= 11 is 0. The number of aryl methyl sites for hydroxylation is 1. The third-order valence-electron chi connectivity index (χ3n) is 5.49. The first kappa shape index (κ1) is 20.3. The summed E-state index contributed by atoms with van der Waals surface area (Å²) in [5.41, 5.74) is 2.52. The number of aromatic nitrogens is 2. The van der Waals surface area contributed by atoms with Crippen molar-refractivity contribution in [2.75, 3.05) is 39.4 Å². The Bertz CT molecular complexity index is 1090. The van der Waals surface area contributed by atoms with Crippen molar-refractivity contribution < 1.29 is 14.4 Å². The summed E-state index contributed by atoms with van der Waals surface area (Å²) in [6.45, 7) is 6.80. The number of nitrogens with one attached hydrogen (secondary N) is 2. The van der Waals surface area contributed by atoms with Gasteiger partial charge in [0.2, 0.25) is 5.91 Å². The van der Waals surface area contributed by atoms with Gasteiger partial charge < -0.3 is 15.0 Å². The van der Waals surface area contributed by atoms with E-state index in [4.69, 9.17) is 4.74 Å². The molecule has 30 heavy (non-hydrogen) atoms. The first-order valence-corrected chi connectivity index (χ1v) is 10.4. The van der Waals surface area contributed by atoms with Crippen LogP contribution in [0.15, 0.2) is 53.3 Å². The zero-order valence-electron chi connectivity index (χ0n) is 17.2. The predicted molar refractivity (Wildman–Crippen MR) is 116 cm³/mol. The van der Waals surface area contributed by atoms with Crippen LogP contribution in [-0.2, 0) is 16.1 Å². The lowest BCUT2D eigenvalue weighted by molar-refractivity contribution is -0.906. The van der Waals surface area contributed by atoms with Gasteiger partial charge in [-0.2, -0.15) is 5.10 Å². The van der Waals surface area contributed by atoms with Crippen LogP contribution in [0.5, 0.6) is 0 Å². The number of ether oxygens (including phenoxy) is 1. The highest BCUT2D eigenvalue weighted by atomic mass is 16.5. The fourth-order valence-corrected chi connectivity index (χ4v) is 3.75. The number of rotatable bonds is 6. The Balaban J connectivity index is 1.54. The molecule has 1 aliphatic rings. The Morgan fingerprint density at radius 3 is 2.53 bits per heavy atom. The number of hydrogen-bond donors (Lipinski definition) is 2. The summed E-state index contributed by atoms with van der Waals surface area (Å²) in [5.74, 6) is -0.206. The molecule has 4 rings (SSSR count). The van der Waals surface area contributed by atoms with E-state index in [0.717, 1.165) is 49.4 Å². The van der Waals surface area contributed by atoms with Gasteiger partial charge in [-0.15, -0.1) is 0 Å². The number of hydrogen-bond acceptors (Lipinski definition) is 4. The third kappa shape index (κ3) is 4.58. The lowest BCUT2D eigenvalue weighted by atomic mass is 10.0. The summed E-state index contributed by atoms with van der Waals surface area (Å²) in [6, 6.07) is 15.4. The molecule has 1 aromatic heterocycles. The molecule has 0 saturated carbocycles. The van der Waals surface area contributed by atoms with E-state index in [1.165, 1.54) is 9.58 Å². The van der Waals surface area contributed by atoms with Gasteiger partial charge in [-0.25, -0.2) is 4.68 Å². The van der Waals surface area contributed by atoms with Gasteiger partial charge in [0, 0.05) is 10.9 Å². The number of nitrogens with zero attached hydrogens (tertiary/aromatic N) is 2. The van der Waals surface area contributed by atoms with E-state index in [1.807, 2.05) is 49.4 Å². The minimum Gasteiger partial charge on any atom is -0.370 e.